The molecule has 1 aromatic rings. The van der Waals surface area contributed by atoms with Crippen molar-refractivity contribution in [1.29, 1.82) is 0 Å². The second-order valence-corrected chi connectivity index (χ2v) is 6.54. The molecule has 1 aromatic heterocycles. The van der Waals surface area contributed by atoms with Crippen molar-refractivity contribution < 1.29 is 8.42 Å². The number of anilines is 1. The van der Waals surface area contributed by atoms with Gasteiger partial charge in [0.15, 0.2) is 0 Å². The van der Waals surface area contributed by atoms with Crippen molar-refractivity contribution in [2.24, 2.45) is 0 Å². The Hall–Kier alpha value is -1.14. The summed E-state index contributed by atoms with van der Waals surface area (Å²) in [6, 6.07) is 3.27. The highest BCUT2D eigenvalue weighted by atomic mass is 32.2. The van der Waals surface area contributed by atoms with Crippen molar-refractivity contribution in [3.8, 4) is 0 Å². The second-order valence-electron chi connectivity index (χ2n) is 4.86. The number of hydrogen-bond acceptors (Lipinski definition) is 4. The third kappa shape index (κ3) is 3.93. The Morgan fingerprint density at radius 3 is 2.10 bits per heavy atom. The maximum atomic E-state index is 12.4. The van der Waals surface area contributed by atoms with Gasteiger partial charge >= 0.3 is 0 Å². The van der Waals surface area contributed by atoms with Crippen LogP contribution >= 0.6 is 0 Å². The molecule has 0 radical (unpaired) electrons. The lowest BCUT2D eigenvalue weighted by atomic mass is 9.91. The minimum atomic E-state index is -3.53. The molecule has 1 rings (SSSR count). The van der Waals surface area contributed by atoms with E-state index in [1.807, 2.05) is 27.7 Å². The average molecular weight is 299 g/mol. The first-order valence-electron chi connectivity index (χ1n) is 7.17. The monoisotopic (exact) mass is 299 g/mol. The Balaban J connectivity index is 2.98. The van der Waals surface area contributed by atoms with Gasteiger partial charge in [-0.25, -0.2) is 18.1 Å². The first kappa shape index (κ1) is 16.9. The molecule has 0 aliphatic rings. The van der Waals surface area contributed by atoms with Crippen LogP contribution in [0, 0.1) is 0 Å². The molecule has 0 saturated heterocycles. The Morgan fingerprint density at radius 1 is 1.10 bits per heavy atom. The van der Waals surface area contributed by atoms with Crippen LogP contribution in [0.5, 0.6) is 0 Å². The summed E-state index contributed by atoms with van der Waals surface area (Å²) in [4.78, 5) is 4.32. The predicted molar refractivity (Wildman–Crippen MR) is 82.3 cm³/mol. The lowest BCUT2D eigenvalue weighted by Crippen LogP contribution is -2.46. The van der Waals surface area contributed by atoms with E-state index in [4.69, 9.17) is 0 Å². The fraction of sp³-hybridized carbons (Fsp3) is 0.643. The summed E-state index contributed by atoms with van der Waals surface area (Å²) >= 11 is 0. The third-order valence-electron chi connectivity index (χ3n) is 3.79. The Labute approximate surface area is 122 Å². The molecule has 0 fully saturated rings. The number of sulfonamides is 1. The van der Waals surface area contributed by atoms with Gasteiger partial charge < -0.3 is 5.32 Å². The number of rotatable bonds is 8. The van der Waals surface area contributed by atoms with Crippen molar-refractivity contribution in [1.82, 2.24) is 9.71 Å². The van der Waals surface area contributed by atoms with E-state index in [2.05, 4.69) is 15.0 Å². The van der Waals surface area contributed by atoms with Crippen molar-refractivity contribution in [3.05, 3.63) is 18.3 Å². The Kier molecular flexibility index (Phi) is 5.95. The lowest BCUT2D eigenvalue weighted by molar-refractivity contribution is 0.341. The highest BCUT2D eigenvalue weighted by molar-refractivity contribution is 7.89. The molecule has 5 nitrogen and oxygen atoms in total. The quantitative estimate of drug-likeness (QED) is 0.774. The summed E-state index contributed by atoms with van der Waals surface area (Å²) in [5, 5.41) is 3.04. The van der Waals surface area contributed by atoms with Gasteiger partial charge in [-0.2, -0.15) is 0 Å². The van der Waals surface area contributed by atoms with Crippen molar-refractivity contribution in [2.45, 2.75) is 57.4 Å². The predicted octanol–water partition coefficient (Wildman–Crippen LogP) is 2.76. The molecule has 0 bridgehead atoms. The second kappa shape index (κ2) is 7.04. The zero-order chi connectivity index (χ0) is 15.2. The van der Waals surface area contributed by atoms with E-state index in [1.165, 1.54) is 6.20 Å². The Bertz CT molecular complexity index is 499. The maximum Gasteiger partial charge on any atom is 0.242 e. The van der Waals surface area contributed by atoms with Crippen LogP contribution in [0.3, 0.4) is 0 Å². The van der Waals surface area contributed by atoms with Crippen molar-refractivity contribution in [2.75, 3.05) is 11.9 Å². The molecular formula is C14H25N3O2S. The van der Waals surface area contributed by atoms with Crippen molar-refractivity contribution in [3.63, 3.8) is 0 Å². The summed E-state index contributed by atoms with van der Waals surface area (Å²) in [6.07, 6.45) is 3.69. The van der Waals surface area contributed by atoms with Crippen LogP contribution in [0.4, 0.5) is 5.82 Å². The van der Waals surface area contributed by atoms with E-state index < -0.39 is 10.0 Å². The van der Waals surface area contributed by atoms with E-state index >= 15 is 0 Å². The molecule has 20 heavy (non-hydrogen) atoms. The van der Waals surface area contributed by atoms with Gasteiger partial charge in [0.25, 0.3) is 0 Å². The topological polar surface area (TPSA) is 71.1 Å². The molecule has 0 aliphatic heterocycles. The smallest absolute Gasteiger partial charge is 0.242 e. The highest BCUT2D eigenvalue weighted by Crippen LogP contribution is 2.23. The molecule has 2 N–H and O–H groups in total. The summed E-state index contributed by atoms with van der Waals surface area (Å²) < 4.78 is 27.7. The summed E-state index contributed by atoms with van der Waals surface area (Å²) in [7, 11) is -3.53. The zero-order valence-corrected chi connectivity index (χ0v) is 13.5. The van der Waals surface area contributed by atoms with E-state index in [1.54, 1.807) is 12.1 Å². The third-order valence-corrected chi connectivity index (χ3v) is 5.35. The molecule has 6 heteroatoms. The largest absolute Gasteiger partial charge is 0.370 e. The van der Waals surface area contributed by atoms with Crippen LogP contribution in [-0.2, 0) is 10.0 Å². The lowest BCUT2D eigenvalue weighted by Gasteiger charge is -2.31. The molecule has 0 spiro atoms. The number of aromatic nitrogens is 1. The normalized spacial score (nSPS) is 12.4. The average Bonchev–Trinajstić information content (AvgIpc) is 2.46. The van der Waals surface area contributed by atoms with E-state index in [0.717, 1.165) is 25.8 Å². The van der Waals surface area contributed by atoms with Crippen LogP contribution < -0.4 is 10.0 Å². The highest BCUT2D eigenvalue weighted by Gasteiger charge is 2.30. The number of nitrogens with one attached hydrogen (secondary N) is 2. The molecule has 0 aromatic carbocycles. The van der Waals surface area contributed by atoms with Gasteiger partial charge in [0, 0.05) is 18.3 Å². The van der Waals surface area contributed by atoms with Gasteiger partial charge in [0.05, 0.1) is 0 Å². The van der Waals surface area contributed by atoms with Gasteiger partial charge in [-0.1, -0.05) is 20.8 Å². The Morgan fingerprint density at radius 2 is 1.70 bits per heavy atom. The summed E-state index contributed by atoms with van der Waals surface area (Å²) in [6.45, 7) is 8.72. The zero-order valence-electron chi connectivity index (χ0n) is 12.7. The molecule has 1 heterocycles. The van der Waals surface area contributed by atoms with Crippen LogP contribution in [-0.4, -0.2) is 25.5 Å². The van der Waals surface area contributed by atoms with Gasteiger partial charge in [-0.15, -0.1) is 0 Å². The molecule has 0 atom stereocenters. The molecular weight excluding hydrogens is 274 g/mol. The summed E-state index contributed by atoms with van der Waals surface area (Å²) in [5.74, 6) is 0.680. The fourth-order valence-corrected chi connectivity index (χ4v) is 3.70. The van der Waals surface area contributed by atoms with E-state index in [0.29, 0.717) is 5.82 Å². The van der Waals surface area contributed by atoms with E-state index in [9.17, 15) is 8.42 Å². The fourth-order valence-electron chi connectivity index (χ4n) is 2.14. The first-order chi connectivity index (χ1) is 9.43. The maximum absolute atomic E-state index is 12.4. The van der Waals surface area contributed by atoms with Gasteiger partial charge in [-0.05, 0) is 38.3 Å². The van der Waals surface area contributed by atoms with Crippen LogP contribution in [0.1, 0.15) is 47.0 Å². The summed E-state index contributed by atoms with van der Waals surface area (Å²) in [5.41, 5.74) is -0.376. The molecule has 0 unspecified atom stereocenters. The van der Waals surface area contributed by atoms with E-state index in [-0.39, 0.29) is 10.4 Å². The number of nitrogens with zero attached hydrogens (tertiary/aromatic N) is 1. The minimum Gasteiger partial charge on any atom is -0.370 e. The SMILES string of the molecule is CCNc1ccc(S(=O)(=O)NC(CC)(CC)CC)cn1. The molecule has 0 saturated carbocycles. The number of hydrogen-bond donors (Lipinski definition) is 2. The van der Waals surface area contributed by atoms with Crippen LogP contribution in [0.2, 0.25) is 0 Å². The standard InChI is InChI=1S/C14H25N3O2S/c1-5-14(6-2,7-3)17-20(18,19)12-9-10-13(15-8-4)16-11-12/h9-11,17H,5-8H2,1-4H3,(H,15,16). The van der Waals surface area contributed by atoms with Crippen LogP contribution in [0.25, 0.3) is 0 Å². The molecule has 0 aliphatic carbocycles. The van der Waals surface area contributed by atoms with Gasteiger partial charge in [-0.3, -0.25) is 0 Å². The number of pyridine rings is 1. The molecule has 114 valence electrons. The molecule has 0 amide bonds. The van der Waals surface area contributed by atoms with Crippen molar-refractivity contribution >= 4 is 15.8 Å². The minimum absolute atomic E-state index is 0.207. The van der Waals surface area contributed by atoms with Crippen LogP contribution in [0.15, 0.2) is 23.2 Å². The van der Waals surface area contributed by atoms with Gasteiger partial charge in [0.2, 0.25) is 10.0 Å². The first-order valence-corrected chi connectivity index (χ1v) is 8.65. The van der Waals surface area contributed by atoms with Gasteiger partial charge in [0.1, 0.15) is 10.7 Å².